The van der Waals surface area contributed by atoms with E-state index in [1.165, 1.54) is 6.07 Å². The largest absolute Gasteiger partial charge is 0.490 e. The third kappa shape index (κ3) is 5.28. The van der Waals surface area contributed by atoms with Crippen molar-refractivity contribution in [2.75, 3.05) is 13.1 Å². The molecule has 0 atom stereocenters. The van der Waals surface area contributed by atoms with Crippen molar-refractivity contribution in [2.45, 2.75) is 51.5 Å². The second-order valence-corrected chi connectivity index (χ2v) is 6.66. The molecule has 1 aliphatic heterocycles. The van der Waals surface area contributed by atoms with Gasteiger partial charge < -0.3 is 14.4 Å². The number of carbonyl (C=O) groups excluding carboxylic acids is 1. The number of nitrogens with zero attached hydrogens (tertiary/aromatic N) is 2. The lowest BCUT2D eigenvalue weighted by molar-refractivity contribution is -0.141. The average molecular weight is 346 g/mol. The number of aromatic nitrogens is 1. The van der Waals surface area contributed by atoms with E-state index in [1.807, 2.05) is 0 Å². The minimum absolute atomic E-state index is 0.132. The lowest BCUT2D eigenvalue weighted by atomic mass is 10.1. The summed E-state index contributed by atoms with van der Waals surface area (Å²) in [6.45, 7) is 6.26. The maximum Gasteiger partial charge on any atom is 0.433 e. The monoisotopic (exact) mass is 346 g/mol. The van der Waals surface area contributed by atoms with Gasteiger partial charge in [-0.05, 0) is 26.8 Å². The standard InChI is InChI=1S/C16H21F3N2O3/c1-15(2,3)24-14(22)21-8-5-11(6-9-21)23-12-4-7-20-13(10-12)16(17,18)19/h4,7,10-11H,5-6,8-9H2,1-3H3. The van der Waals surface area contributed by atoms with Crippen LogP contribution in [0.3, 0.4) is 0 Å². The molecule has 0 aromatic carbocycles. The first-order valence-electron chi connectivity index (χ1n) is 7.72. The van der Waals surface area contributed by atoms with Gasteiger partial charge in [0.1, 0.15) is 23.1 Å². The molecule has 2 rings (SSSR count). The number of hydrogen-bond acceptors (Lipinski definition) is 4. The Hall–Kier alpha value is -1.99. The normalized spacial score (nSPS) is 16.8. The van der Waals surface area contributed by atoms with Crippen molar-refractivity contribution >= 4 is 6.09 Å². The molecule has 1 aromatic heterocycles. The molecule has 0 spiro atoms. The van der Waals surface area contributed by atoms with E-state index in [0.29, 0.717) is 25.9 Å². The summed E-state index contributed by atoms with van der Waals surface area (Å²) in [4.78, 5) is 16.8. The van der Waals surface area contributed by atoms with Crippen LogP contribution in [0.15, 0.2) is 18.3 Å². The van der Waals surface area contributed by atoms with E-state index in [4.69, 9.17) is 9.47 Å². The minimum atomic E-state index is -4.50. The highest BCUT2D eigenvalue weighted by molar-refractivity contribution is 5.68. The van der Waals surface area contributed by atoms with E-state index in [9.17, 15) is 18.0 Å². The predicted octanol–water partition coefficient (Wildman–Crippen LogP) is 3.88. The zero-order valence-corrected chi connectivity index (χ0v) is 13.9. The van der Waals surface area contributed by atoms with Crippen LogP contribution in [-0.4, -0.2) is 40.8 Å². The average Bonchev–Trinajstić information content (AvgIpc) is 2.45. The molecular formula is C16H21F3N2O3. The summed E-state index contributed by atoms with van der Waals surface area (Å²) in [6, 6.07) is 2.29. The van der Waals surface area contributed by atoms with Crippen LogP contribution < -0.4 is 4.74 Å². The van der Waals surface area contributed by atoms with Crippen molar-refractivity contribution in [1.82, 2.24) is 9.88 Å². The predicted molar refractivity (Wildman–Crippen MR) is 80.7 cm³/mol. The third-order valence-corrected chi connectivity index (χ3v) is 3.42. The second-order valence-electron chi connectivity index (χ2n) is 6.66. The van der Waals surface area contributed by atoms with Gasteiger partial charge in [0, 0.05) is 38.2 Å². The van der Waals surface area contributed by atoms with E-state index in [1.54, 1.807) is 25.7 Å². The van der Waals surface area contributed by atoms with Crippen molar-refractivity contribution in [1.29, 1.82) is 0 Å². The molecule has 0 N–H and O–H groups in total. The SMILES string of the molecule is CC(C)(C)OC(=O)N1CCC(Oc2ccnc(C(F)(F)F)c2)CC1. The summed E-state index contributed by atoms with van der Waals surface area (Å²) in [7, 11) is 0. The van der Waals surface area contributed by atoms with Crippen molar-refractivity contribution < 1.29 is 27.4 Å². The lowest BCUT2D eigenvalue weighted by Gasteiger charge is -2.33. The van der Waals surface area contributed by atoms with Gasteiger partial charge in [0.15, 0.2) is 0 Å². The zero-order valence-electron chi connectivity index (χ0n) is 13.9. The van der Waals surface area contributed by atoms with Gasteiger partial charge in [0.25, 0.3) is 0 Å². The highest BCUT2D eigenvalue weighted by atomic mass is 19.4. The van der Waals surface area contributed by atoms with E-state index in [0.717, 1.165) is 12.3 Å². The number of halogens is 3. The van der Waals surface area contributed by atoms with Crippen LogP contribution in [0, 0.1) is 0 Å². The number of pyridine rings is 1. The number of likely N-dealkylation sites (tertiary alicyclic amines) is 1. The Morgan fingerprint density at radius 1 is 1.25 bits per heavy atom. The van der Waals surface area contributed by atoms with E-state index >= 15 is 0 Å². The first-order chi connectivity index (χ1) is 11.0. The Morgan fingerprint density at radius 3 is 2.42 bits per heavy atom. The molecule has 134 valence electrons. The van der Waals surface area contributed by atoms with E-state index in [2.05, 4.69) is 4.98 Å². The third-order valence-electron chi connectivity index (χ3n) is 3.42. The molecular weight excluding hydrogens is 325 g/mol. The van der Waals surface area contributed by atoms with Gasteiger partial charge in [-0.25, -0.2) is 4.79 Å². The van der Waals surface area contributed by atoms with Gasteiger partial charge >= 0.3 is 12.3 Å². The first kappa shape index (κ1) is 18.4. The molecule has 5 nitrogen and oxygen atoms in total. The summed E-state index contributed by atoms with van der Waals surface area (Å²) >= 11 is 0. The van der Waals surface area contributed by atoms with Gasteiger partial charge in [-0.1, -0.05) is 0 Å². The lowest BCUT2D eigenvalue weighted by Crippen LogP contribution is -2.44. The smallest absolute Gasteiger partial charge is 0.433 e. The number of hydrogen-bond donors (Lipinski definition) is 0. The topological polar surface area (TPSA) is 51.7 Å². The minimum Gasteiger partial charge on any atom is -0.490 e. The van der Waals surface area contributed by atoms with Crippen LogP contribution in [0.1, 0.15) is 39.3 Å². The number of rotatable bonds is 2. The number of alkyl halides is 3. The summed E-state index contributed by atoms with van der Waals surface area (Å²) in [6.07, 6.45) is -2.99. The molecule has 1 saturated heterocycles. The van der Waals surface area contributed by atoms with Gasteiger partial charge in [0.2, 0.25) is 0 Å². The molecule has 24 heavy (non-hydrogen) atoms. The molecule has 1 aliphatic rings. The Bertz CT molecular complexity index is 577. The van der Waals surface area contributed by atoms with Gasteiger partial charge in [0.05, 0.1) is 0 Å². The van der Waals surface area contributed by atoms with E-state index in [-0.39, 0.29) is 17.9 Å². The van der Waals surface area contributed by atoms with Crippen LogP contribution in [0.2, 0.25) is 0 Å². The van der Waals surface area contributed by atoms with Gasteiger partial charge in [-0.3, -0.25) is 4.98 Å². The highest BCUT2D eigenvalue weighted by Crippen LogP contribution is 2.30. The molecule has 1 aromatic rings. The van der Waals surface area contributed by atoms with Gasteiger partial charge in [-0.2, -0.15) is 13.2 Å². The van der Waals surface area contributed by atoms with Crippen LogP contribution in [0.4, 0.5) is 18.0 Å². The number of piperidine rings is 1. The van der Waals surface area contributed by atoms with Crippen molar-refractivity contribution in [2.24, 2.45) is 0 Å². The number of carbonyl (C=O) groups is 1. The fourth-order valence-corrected chi connectivity index (χ4v) is 2.31. The van der Waals surface area contributed by atoms with Crippen LogP contribution in [0.5, 0.6) is 5.75 Å². The maximum absolute atomic E-state index is 12.6. The van der Waals surface area contributed by atoms with Crippen LogP contribution in [0.25, 0.3) is 0 Å². The molecule has 0 bridgehead atoms. The number of amides is 1. The summed E-state index contributed by atoms with van der Waals surface area (Å²) < 4.78 is 48.8. The maximum atomic E-state index is 12.6. The van der Waals surface area contributed by atoms with Crippen molar-refractivity contribution in [3.8, 4) is 5.75 Å². The Kier molecular flexibility index (Phi) is 5.25. The Balaban J connectivity index is 1.88. The molecule has 1 fully saturated rings. The van der Waals surface area contributed by atoms with Gasteiger partial charge in [-0.15, -0.1) is 0 Å². The molecule has 0 unspecified atom stereocenters. The van der Waals surface area contributed by atoms with Crippen LogP contribution in [-0.2, 0) is 10.9 Å². The Morgan fingerprint density at radius 2 is 1.88 bits per heavy atom. The fourth-order valence-electron chi connectivity index (χ4n) is 2.31. The Labute approximate surface area is 138 Å². The molecule has 8 heteroatoms. The summed E-state index contributed by atoms with van der Waals surface area (Å²) in [5.74, 6) is 0.132. The molecule has 1 amide bonds. The molecule has 0 aliphatic carbocycles. The quantitative estimate of drug-likeness (QED) is 0.815. The molecule has 0 radical (unpaired) electrons. The summed E-state index contributed by atoms with van der Waals surface area (Å²) in [5.41, 5.74) is -1.54. The fraction of sp³-hybridized carbons (Fsp3) is 0.625. The van der Waals surface area contributed by atoms with Crippen LogP contribution >= 0.6 is 0 Å². The van der Waals surface area contributed by atoms with Crippen molar-refractivity contribution in [3.63, 3.8) is 0 Å². The highest BCUT2D eigenvalue weighted by Gasteiger charge is 2.33. The molecule has 2 heterocycles. The zero-order chi connectivity index (χ0) is 18.0. The number of ether oxygens (including phenoxy) is 2. The van der Waals surface area contributed by atoms with Crippen molar-refractivity contribution in [3.05, 3.63) is 24.0 Å². The first-order valence-corrected chi connectivity index (χ1v) is 7.72. The van der Waals surface area contributed by atoms with E-state index < -0.39 is 17.5 Å². The summed E-state index contributed by atoms with van der Waals surface area (Å²) in [5, 5.41) is 0. The second kappa shape index (κ2) is 6.86. The molecule has 0 saturated carbocycles.